The number of carbonyl (C=O) groups is 2. The number of carboxylic acid groups (broad SMARTS) is 1. The molecule has 19 heavy (non-hydrogen) atoms. The summed E-state index contributed by atoms with van der Waals surface area (Å²) in [5.74, 6) is -0.857. The Morgan fingerprint density at radius 1 is 1.37 bits per heavy atom. The second-order valence-corrected chi connectivity index (χ2v) is 4.58. The molecule has 0 aliphatic rings. The van der Waals surface area contributed by atoms with Gasteiger partial charge in [-0.2, -0.15) is 0 Å². The van der Waals surface area contributed by atoms with Crippen LogP contribution < -0.4 is 5.32 Å². The maximum Gasteiger partial charge on any atom is 0.317 e. The Bertz CT molecular complexity index is 451. The Balaban J connectivity index is 2.34. The van der Waals surface area contributed by atoms with Crippen LogP contribution in [0.5, 0.6) is 0 Å². The minimum absolute atomic E-state index is 0.0577. The number of rotatable bonds is 6. The van der Waals surface area contributed by atoms with E-state index in [0.717, 1.165) is 5.56 Å². The summed E-state index contributed by atoms with van der Waals surface area (Å²) in [5.41, 5.74) is 0.844. The molecule has 2 N–H and O–H groups in total. The van der Waals surface area contributed by atoms with Gasteiger partial charge in [0.05, 0.1) is 0 Å². The molecule has 1 rings (SSSR count). The summed E-state index contributed by atoms with van der Waals surface area (Å²) in [6, 6.07) is 7.03. The third-order valence-corrected chi connectivity index (χ3v) is 2.99. The van der Waals surface area contributed by atoms with Crippen LogP contribution in [0.25, 0.3) is 0 Å². The molecular weight excluding hydrogens is 268 g/mol. The quantitative estimate of drug-likeness (QED) is 0.842. The molecule has 0 heterocycles. The number of nitrogens with one attached hydrogen (secondary N) is 1. The summed E-state index contributed by atoms with van der Waals surface area (Å²) < 4.78 is 0. The Kier molecular flexibility index (Phi) is 6.15. The smallest absolute Gasteiger partial charge is 0.317 e. The SMILES string of the molecule is CN(CCCC(=O)O)C(=O)NCc1ccccc1Cl. The van der Waals surface area contributed by atoms with Crippen LogP contribution in [0.2, 0.25) is 5.02 Å². The molecule has 0 unspecified atom stereocenters. The minimum atomic E-state index is -0.857. The first kappa shape index (κ1) is 15.3. The van der Waals surface area contributed by atoms with Gasteiger partial charge < -0.3 is 15.3 Å². The number of halogens is 1. The van der Waals surface area contributed by atoms with E-state index in [-0.39, 0.29) is 12.5 Å². The van der Waals surface area contributed by atoms with Crippen molar-refractivity contribution in [2.24, 2.45) is 0 Å². The van der Waals surface area contributed by atoms with Crippen LogP contribution in [0.4, 0.5) is 4.79 Å². The third kappa shape index (κ3) is 5.61. The normalized spacial score (nSPS) is 10.0. The number of nitrogens with zero attached hydrogens (tertiary/aromatic N) is 1. The van der Waals surface area contributed by atoms with Crippen LogP contribution in [0, 0.1) is 0 Å². The van der Waals surface area contributed by atoms with Crippen molar-refractivity contribution in [2.45, 2.75) is 19.4 Å². The lowest BCUT2D eigenvalue weighted by Crippen LogP contribution is -2.37. The summed E-state index contributed by atoms with van der Waals surface area (Å²) in [4.78, 5) is 23.6. The fraction of sp³-hybridized carbons (Fsp3) is 0.385. The molecule has 0 aliphatic heterocycles. The van der Waals surface area contributed by atoms with Gasteiger partial charge in [0.2, 0.25) is 0 Å². The minimum Gasteiger partial charge on any atom is -0.481 e. The van der Waals surface area contributed by atoms with Gasteiger partial charge in [-0.3, -0.25) is 4.79 Å². The van der Waals surface area contributed by atoms with Gasteiger partial charge in [0, 0.05) is 31.6 Å². The average Bonchev–Trinajstić information content (AvgIpc) is 2.36. The number of urea groups is 1. The van der Waals surface area contributed by atoms with E-state index in [1.807, 2.05) is 18.2 Å². The van der Waals surface area contributed by atoms with Gasteiger partial charge in [0.25, 0.3) is 0 Å². The number of benzene rings is 1. The molecule has 0 fully saturated rings. The molecule has 0 aliphatic carbocycles. The summed E-state index contributed by atoms with van der Waals surface area (Å²) in [6.07, 6.45) is 0.494. The molecule has 0 radical (unpaired) electrons. The molecule has 0 spiro atoms. The summed E-state index contributed by atoms with van der Waals surface area (Å²) in [5, 5.41) is 11.9. The Labute approximate surface area is 117 Å². The fourth-order valence-corrected chi connectivity index (χ4v) is 1.72. The first-order valence-electron chi connectivity index (χ1n) is 5.95. The van der Waals surface area contributed by atoms with Crippen LogP contribution >= 0.6 is 11.6 Å². The first-order chi connectivity index (χ1) is 9.00. The van der Waals surface area contributed by atoms with Crippen LogP contribution in [0.15, 0.2) is 24.3 Å². The molecule has 6 heteroatoms. The number of amides is 2. The predicted molar refractivity (Wildman–Crippen MR) is 73.2 cm³/mol. The number of hydrogen-bond donors (Lipinski definition) is 2. The third-order valence-electron chi connectivity index (χ3n) is 2.62. The maximum atomic E-state index is 11.7. The lowest BCUT2D eigenvalue weighted by atomic mass is 10.2. The van der Waals surface area contributed by atoms with E-state index < -0.39 is 5.97 Å². The van der Waals surface area contributed by atoms with Crippen molar-refractivity contribution in [1.82, 2.24) is 10.2 Å². The molecule has 1 aromatic rings. The van der Waals surface area contributed by atoms with Crippen LogP contribution in [-0.2, 0) is 11.3 Å². The molecule has 0 aromatic heterocycles. The lowest BCUT2D eigenvalue weighted by Gasteiger charge is -2.17. The van der Waals surface area contributed by atoms with Crippen molar-refractivity contribution in [2.75, 3.05) is 13.6 Å². The molecule has 104 valence electrons. The number of carboxylic acids is 1. The topological polar surface area (TPSA) is 69.6 Å². The van der Waals surface area contributed by atoms with Gasteiger partial charge in [0.15, 0.2) is 0 Å². The molecular formula is C13H17ClN2O3. The highest BCUT2D eigenvalue weighted by atomic mass is 35.5. The van der Waals surface area contributed by atoms with Crippen LogP contribution in [0.3, 0.4) is 0 Å². The maximum absolute atomic E-state index is 11.7. The largest absolute Gasteiger partial charge is 0.481 e. The number of aliphatic carboxylic acids is 1. The highest BCUT2D eigenvalue weighted by Gasteiger charge is 2.09. The fourth-order valence-electron chi connectivity index (χ4n) is 1.52. The highest BCUT2D eigenvalue weighted by molar-refractivity contribution is 6.31. The number of carbonyl (C=O) groups excluding carboxylic acids is 1. The monoisotopic (exact) mass is 284 g/mol. The molecule has 0 saturated heterocycles. The standard InChI is InChI=1S/C13H17ClN2O3/c1-16(8-4-7-12(17)18)13(19)15-9-10-5-2-3-6-11(10)14/h2-3,5-6H,4,7-9H2,1H3,(H,15,19)(H,17,18). The van der Waals surface area contributed by atoms with Gasteiger partial charge >= 0.3 is 12.0 Å². The zero-order chi connectivity index (χ0) is 14.3. The molecule has 0 atom stereocenters. The number of hydrogen-bond acceptors (Lipinski definition) is 2. The predicted octanol–water partition coefficient (Wildman–Crippen LogP) is 2.35. The van der Waals surface area contributed by atoms with Gasteiger partial charge in [-0.1, -0.05) is 29.8 Å². The Hall–Kier alpha value is -1.75. The Morgan fingerprint density at radius 3 is 2.68 bits per heavy atom. The average molecular weight is 285 g/mol. The van der Waals surface area contributed by atoms with Gasteiger partial charge in [-0.05, 0) is 18.1 Å². The molecule has 0 bridgehead atoms. The van der Waals surface area contributed by atoms with E-state index in [4.69, 9.17) is 16.7 Å². The summed E-state index contributed by atoms with van der Waals surface area (Å²) in [6.45, 7) is 0.752. The van der Waals surface area contributed by atoms with Crippen molar-refractivity contribution in [3.05, 3.63) is 34.9 Å². The van der Waals surface area contributed by atoms with Gasteiger partial charge in [-0.15, -0.1) is 0 Å². The highest BCUT2D eigenvalue weighted by Crippen LogP contribution is 2.14. The Morgan fingerprint density at radius 2 is 2.05 bits per heavy atom. The first-order valence-corrected chi connectivity index (χ1v) is 6.32. The summed E-state index contributed by atoms with van der Waals surface area (Å²) >= 11 is 5.98. The second kappa shape index (κ2) is 7.63. The van der Waals surface area contributed by atoms with E-state index in [2.05, 4.69) is 5.32 Å². The molecule has 5 nitrogen and oxygen atoms in total. The van der Waals surface area contributed by atoms with E-state index in [9.17, 15) is 9.59 Å². The molecule has 2 amide bonds. The van der Waals surface area contributed by atoms with E-state index >= 15 is 0 Å². The zero-order valence-electron chi connectivity index (χ0n) is 10.7. The van der Waals surface area contributed by atoms with E-state index in [0.29, 0.717) is 24.5 Å². The zero-order valence-corrected chi connectivity index (χ0v) is 11.5. The van der Waals surface area contributed by atoms with E-state index in [1.165, 1.54) is 4.90 Å². The van der Waals surface area contributed by atoms with Crippen molar-refractivity contribution in [1.29, 1.82) is 0 Å². The molecule has 0 saturated carbocycles. The lowest BCUT2D eigenvalue weighted by molar-refractivity contribution is -0.137. The van der Waals surface area contributed by atoms with Crippen molar-refractivity contribution < 1.29 is 14.7 Å². The summed E-state index contributed by atoms with van der Waals surface area (Å²) in [7, 11) is 1.63. The van der Waals surface area contributed by atoms with Crippen molar-refractivity contribution >= 4 is 23.6 Å². The van der Waals surface area contributed by atoms with Crippen molar-refractivity contribution in [3.63, 3.8) is 0 Å². The van der Waals surface area contributed by atoms with E-state index in [1.54, 1.807) is 13.1 Å². The second-order valence-electron chi connectivity index (χ2n) is 4.17. The van der Waals surface area contributed by atoms with Crippen molar-refractivity contribution in [3.8, 4) is 0 Å². The van der Waals surface area contributed by atoms with Gasteiger partial charge in [0.1, 0.15) is 0 Å². The van der Waals surface area contributed by atoms with Crippen LogP contribution in [-0.4, -0.2) is 35.6 Å². The molecule has 1 aromatic carbocycles. The van der Waals surface area contributed by atoms with Gasteiger partial charge in [-0.25, -0.2) is 4.79 Å². The van der Waals surface area contributed by atoms with Crippen LogP contribution in [0.1, 0.15) is 18.4 Å².